The molecular formula is C48H72O6. The maximum Gasteiger partial charge on any atom is 0.235 e. The van der Waals surface area contributed by atoms with Gasteiger partial charge in [0.25, 0.3) is 0 Å². The van der Waals surface area contributed by atoms with Crippen molar-refractivity contribution in [1.82, 2.24) is 0 Å². The zero-order chi connectivity index (χ0) is 41.3. The van der Waals surface area contributed by atoms with E-state index in [1.165, 1.54) is 0 Å². The molecule has 0 saturated carbocycles. The molecule has 0 radical (unpaired) electrons. The number of benzene rings is 1. The van der Waals surface area contributed by atoms with Gasteiger partial charge >= 0.3 is 0 Å². The highest BCUT2D eigenvalue weighted by atomic mass is 16.7. The molecule has 3 aliphatic heterocycles. The third-order valence-corrected chi connectivity index (χ3v) is 10.9. The van der Waals surface area contributed by atoms with Crippen LogP contribution < -0.4 is 0 Å². The largest absolute Gasteiger partial charge is 0.462 e. The van der Waals surface area contributed by atoms with Crippen LogP contribution in [0.2, 0.25) is 0 Å². The first kappa shape index (κ1) is 43.7. The van der Waals surface area contributed by atoms with Gasteiger partial charge in [-0.05, 0) is 88.1 Å². The third-order valence-electron chi connectivity index (χ3n) is 10.9. The van der Waals surface area contributed by atoms with Crippen molar-refractivity contribution in [1.29, 1.82) is 0 Å². The van der Waals surface area contributed by atoms with Gasteiger partial charge in [0.2, 0.25) is 17.4 Å². The highest BCUT2D eigenvalue weighted by molar-refractivity contribution is 5.87. The summed E-state index contributed by atoms with van der Waals surface area (Å²) in [6.45, 7) is 39.0. The van der Waals surface area contributed by atoms with Gasteiger partial charge in [0.1, 0.15) is 17.3 Å². The standard InChI is InChI=1S/C48H72O6/c1-40(2,3)37-25-34(28-46(49-19,52-37)43(10,11)12)31-22-32(35-26-38(41(4,5)6)53-47(29-35,50-20)44(13,14)15)24-33(23-31)36-27-39(42(7,8)9)54-48(30-36,51-21)45(16,17)18/h22-30H,1-21H3. The zero-order valence-electron chi connectivity index (χ0n) is 37.6. The Balaban J connectivity index is 2.21. The molecule has 3 atom stereocenters. The van der Waals surface area contributed by atoms with Crippen molar-refractivity contribution in [3.8, 4) is 0 Å². The lowest BCUT2D eigenvalue weighted by atomic mass is 9.77. The molecule has 300 valence electrons. The van der Waals surface area contributed by atoms with Gasteiger partial charge in [0.15, 0.2) is 0 Å². The van der Waals surface area contributed by atoms with Gasteiger partial charge < -0.3 is 28.4 Å². The number of ether oxygens (including phenoxy) is 6. The Labute approximate surface area is 328 Å². The Bertz CT molecular complexity index is 1570. The molecule has 3 unspecified atom stereocenters. The molecule has 0 aromatic heterocycles. The Morgan fingerprint density at radius 2 is 0.574 bits per heavy atom. The van der Waals surface area contributed by atoms with E-state index in [2.05, 4.69) is 179 Å². The highest BCUT2D eigenvalue weighted by Crippen LogP contribution is 2.51. The van der Waals surface area contributed by atoms with Crippen LogP contribution >= 0.6 is 0 Å². The minimum absolute atomic E-state index is 0.272. The monoisotopic (exact) mass is 745 g/mol. The van der Waals surface area contributed by atoms with Gasteiger partial charge in [-0.25, -0.2) is 0 Å². The molecule has 0 aliphatic carbocycles. The van der Waals surface area contributed by atoms with E-state index in [4.69, 9.17) is 28.4 Å². The minimum Gasteiger partial charge on any atom is -0.462 e. The molecule has 0 amide bonds. The topological polar surface area (TPSA) is 55.4 Å². The summed E-state index contributed by atoms with van der Waals surface area (Å²) in [4.78, 5) is 0. The smallest absolute Gasteiger partial charge is 0.235 e. The number of rotatable bonds is 6. The molecule has 0 N–H and O–H groups in total. The van der Waals surface area contributed by atoms with Crippen molar-refractivity contribution in [2.45, 2.75) is 142 Å². The lowest BCUT2D eigenvalue weighted by Gasteiger charge is -2.46. The van der Waals surface area contributed by atoms with Crippen LogP contribution in [-0.2, 0) is 28.4 Å². The predicted octanol–water partition coefficient (Wildman–Crippen LogP) is 12.9. The van der Waals surface area contributed by atoms with E-state index in [1.807, 2.05) is 0 Å². The van der Waals surface area contributed by atoms with Crippen molar-refractivity contribution in [3.63, 3.8) is 0 Å². The number of hydrogen-bond donors (Lipinski definition) is 0. The van der Waals surface area contributed by atoms with Crippen LogP contribution in [0.25, 0.3) is 16.7 Å². The third kappa shape index (κ3) is 8.22. The Kier molecular flexibility index (Phi) is 11.2. The van der Waals surface area contributed by atoms with Crippen molar-refractivity contribution >= 4 is 16.7 Å². The van der Waals surface area contributed by atoms with Crippen LogP contribution in [0.15, 0.2) is 71.9 Å². The molecule has 1 aromatic carbocycles. The molecule has 0 fully saturated rings. The summed E-state index contributed by atoms with van der Waals surface area (Å²) >= 11 is 0. The second kappa shape index (κ2) is 13.8. The predicted molar refractivity (Wildman–Crippen MR) is 224 cm³/mol. The van der Waals surface area contributed by atoms with Crippen molar-refractivity contribution in [2.24, 2.45) is 32.5 Å². The van der Waals surface area contributed by atoms with Gasteiger partial charge in [-0.3, -0.25) is 0 Å². The van der Waals surface area contributed by atoms with E-state index in [0.29, 0.717) is 0 Å². The Morgan fingerprint density at radius 1 is 0.370 bits per heavy atom. The Hall–Kier alpha value is -3.06. The average molecular weight is 745 g/mol. The van der Waals surface area contributed by atoms with Crippen molar-refractivity contribution < 1.29 is 28.4 Å². The van der Waals surface area contributed by atoms with Crippen LogP contribution in [0.5, 0.6) is 0 Å². The van der Waals surface area contributed by atoms with Crippen molar-refractivity contribution in [2.75, 3.05) is 21.3 Å². The molecule has 3 heterocycles. The molecule has 1 aromatic rings. The van der Waals surface area contributed by atoms with E-state index in [0.717, 1.165) is 50.7 Å². The highest BCUT2D eigenvalue weighted by Gasteiger charge is 2.50. The van der Waals surface area contributed by atoms with Gasteiger partial charge in [-0.2, -0.15) is 0 Å². The molecule has 0 saturated heterocycles. The summed E-state index contributed by atoms with van der Waals surface area (Å²) in [5, 5.41) is 0. The summed E-state index contributed by atoms with van der Waals surface area (Å²) < 4.78 is 39.4. The first-order valence-corrected chi connectivity index (χ1v) is 19.5. The minimum atomic E-state index is -1.00. The fourth-order valence-corrected chi connectivity index (χ4v) is 6.90. The maximum absolute atomic E-state index is 6.81. The first-order valence-electron chi connectivity index (χ1n) is 19.5. The summed E-state index contributed by atoms with van der Waals surface area (Å²) in [6.07, 6.45) is 13.0. The van der Waals surface area contributed by atoms with Gasteiger partial charge in [0, 0.05) is 53.8 Å². The fraction of sp³-hybridized carbons (Fsp3) is 0.625. The van der Waals surface area contributed by atoms with E-state index >= 15 is 0 Å². The molecule has 0 bridgehead atoms. The van der Waals surface area contributed by atoms with Gasteiger partial charge in [-0.1, -0.05) is 125 Å². The fourth-order valence-electron chi connectivity index (χ4n) is 6.90. The van der Waals surface area contributed by atoms with Crippen molar-refractivity contribution in [3.05, 3.63) is 88.6 Å². The van der Waals surface area contributed by atoms with Crippen LogP contribution in [0.1, 0.15) is 141 Å². The number of methoxy groups -OCH3 is 3. The van der Waals surface area contributed by atoms with E-state index in [-0.39, 0.29) is 32.5 Å². The molecule has 4 rings (SSSR count). The van der Waals surface area contributed by atoms with Crippen LogP contribution in [-0.4, -0.2) is 38.7 Å². The lowest BCUT2D eigenvalue weighted by Crippen LogP contribution is -2.48. The zero-order valence-corrected chi connectivity index (χ0v) is 37.6. The summed E-state index contributed by atoms with van der Waals surface area (Å²) in [5.74, 6) is -0.415. The Morgan fingerprint density at radius 3 is 0.722 bits per heavy atom. The lowest BCUT2D eigenvalue weighted by molar-refractivity contribution is -0.230. The van der Waals surface area contributed by atoms with Crippen LogP contribution in [0, 0.1) is 32.5 Å². The molecule has 54 heavy (non-hydrogen) atoms. The van der Waals surface area contributed by atoms with Crippen LogP contribution in [0.4, 0.5) is 0 Å². The maximum atomic E-state index is 6.81. The van der Waals surface area contributed by atoms with E-state index in [9.17, 15) is 0 Å². The molecule has 3 aliphatic rings. The molecule has 6 heteroatoms. The normalized spacial score (nSPS) is 25.9. The molecule has 0 spiro atoms. The average Bonchev–Trinajstić information content (AvgIpc) is 3.04. The summed E-state index contributed by atoms with van der Waals surface area (Å²) in [7, 11) is 5.20. The van der Waals surface area contributed by atoms with E-state index < -0.39 is 17.4 Å². The van der Waals surface area contributed by atoms with Gasteiger partial charge in [-0.15, -0.1) is 0 Å². The number of hydrogen-bond acceptors (Lipinski definition) is 6. The molecule has 6 nitrogen and oxygen atoms in total. The molecular weight excluding hydrogens is 673 g/mol. The quantitative estimate of drug-likeness (QED) is 0.289. The van der Waals surface area contributed by atoms with Crippen LogP contribution in [0.3, 0.4) is 0 Å². The number of allylic oxidation sites excluding steroid dienone is 9. The van der Waals surface area contributed by atoms with E-state index in [1.54, 1.807) is 21.3 Å². The second-order valence-electron chi connectivity index (χ2n) is 21.5. The second-order valence-corrected chi connectivity index (χ2v) is 21.5. The summed E-state index contributed by atoms with van der Waals surface area (Å²) in [5.41, 5.74) is 4.21. The first-order chi connectivity index (χ1) is 24.3. The van der Waals surface area contributed by atoms with Gasteiger partial charge in [0.05, 0.1) is 0 Å². The summed E-state index contributed by atoms with van der Waals surface area (Å²) in [6, 6.07) is 6.83. The SMILES string of the molecule is COC1(C(C)(C)C)C=C(c2cc(C3=CC(OC)(C(C)(C)C)OC(C(C)(C)C)=C3)cc(C3=CC(OC)(C(C)(C)C)OC(C(C)(C)C)=C3)c2)C=C(C(C)(C)C)O1.